The smallest absolute Gasteiger partial charge is 0.266 e. The normalized spacial score (nSPS) is 16.7. The molecular formula is C5H13INO2P. The van der Waals surface area contributed by atoms with Gasteiger partial charge in [-0.15, -0.1) is 0 Å². The third-order valence-electron chi connectivity index (χ3n) is 0.869. The lowest BCUT2D eigenvalue weighted by molar-refractivity contribution is 0.330. The van der Waals surface area contributed by atoms with Crippen LogP contribution in [0.2, 0.25) is 0 Å². The summed E-state index contributed by atoms with van der Waals surface area (Å²) in [5, 5.41) is 2.84. The van der Waals surface area contributed by atoms with Gasteiger partial charge in [-0.05, 0) is 6.92 Å². The molecule has 0 spiro atoms. The summed E-state index contributed by atoms with van der Waals surface area (Å²) in [5.74, 6) is 0. The Bertz CT molecular complexity index is 131. The van der Waals surface area contributed by atoms with Gasteiger partial charge in [-0.3, -0.25) is 4.57 Å². The quantitative estimate of drug-likeness (QED) is 0.473. The van der Waals surface area contributed by atoms with Crippen molar-refractivity contribution in [2.75, 3.05) is 24.2 Å². The molecule has 0 fully saturated rings. The molecule has 0 saturated heterocycles. The molecule has 62 valence electrons. The van der Waals surface area contributed by atoms with Gasteiger partial charge in [0.05, 0.1) is 6.61 Å². The Balaban J connectivity index is 3.53. The zero-order chi connectivity index (χ0) is 8.04. The van der Waals surface area contributed by atoms with Crippen LogP contribution in [0.5, 0.6) is 0 Å². The fourth-order valence-corrected chi connectivity index (χ4v) is 2.34. The average Bonchev–Trinajstić information content (AvgIpc) is 1.84. The first-order valence-corrected chi connectivity index (χ1v) is 6.75. The number of alkyl halides is 1. The minimum atomic E-state index is -2.46. The van der Waals surface area contributed by atoms with Gasteiger partial charge in [-0.25, -0.2) is 5.09 Å². The maximum Gasteiger partial charge on any atom is 0.266 e. The Morgan fingerprint density at radius 3 is 2.70 bits per heavy atom. The van der Waals surface area contributed by atoms with Crippen LogP contribution >= 0.6 is 30.1 Å². The van der Waals surface area contributed by atoms with Crippen LogP contribution in [0, 0.1) is 0 Å². The minimum Gasteiger partial charge on any atom is -0.318 e. The maximum atomic E-state index is 11.2. The molecule has 0 rings (SSSR count). The Hall–Kier alpha value is 0.880. The van der Waals surface area contributed by atoms with Crippen LogP contribution in [-0.2, 0) is 9.09 Å². The summed E-state index contributed by atoms with van der Waals surface area (Å²) in [4.78, 5) is 0. The molecule has 0 saturated carbocycles. The van der Waals surface area contributed by atoms with Gasteiger partial charge >= 0.3 is 0 Å². The SMILES string of the molecule is CCOP(C)(=O)NCCI. The first-order valence-electron chi connectivity index (χ1n) is 3.15. The van der Waals surface area contributed by atoms with Gasteiger partial charge in [0.2, 0.25) is 0 Å². The molecule has 0 aromatic rings. The van der Waals surface area contributed by atoms with E-state index >= 15 is 0 Å². The van der Waals surface area contributed by atoms with E-state index in [4.69, 9.17) is 4.52 Å². The van der Waals surface area contributed by atoms with E-state index in [0.717, 1.165) is 11.0 Å². The highest BCUT2D eigenvalue weighted by Crippen LogP contribution is 2.36. The summed E-state index contributed by atoms with van der Waals surface area (Å²) >= 11 is 2.22. The third kappa shape index (κ3) is 5.65. The van der Waals surface area contributed by atoms with Crippen LogP contribution in [0.4, 0.5) is 0 Å². The number of hydrogen-bond acceptors (Lipinski definition) is 2. The predicted molar refractivity (Wildman–Crippen MR) is 52.0 cm³/mol. The number of rotatable bonds is 5. The molecule has 0 aliphatic carbocycles. The number of halogens is 1. The molecule has 0 radical (unpaired) electrons. The fraction of sp³-hybridized carbons (Fsp3) is 1.00. The van der Waals surface area contributed by atoms with Crippen molar-refractivity contribution >= 4 is 30.1 Å². The topological polar surface area (TPSA) is 38.3 Å². The minimum absolute atomic E-state index is 0.502. The monoisotopic (exact) mass is 277 g/mol. The molecule has 1 unspecified atom stereocenters. The first kappa shape index (κ1) is 10.9. The van der Waals surface area contributed by atoms with E-state index in [9.17, 15) is 4.57 Å². The lowest BCUT2D eigenvalue weighted by atomic mass is 10.8. The molecule has 10 heavy (non-hydrogen) atoms. The Labute approximate surface area is 75.6 Å². The Morgan fingerprint density at radius 2 is 2.30 bits per heavy atom. The van der Waals surface area contributed by atoms with E-state index in [1.165, 1.54) is 0 Å². The van der Waals surface area contributed by atoms with E-state index in [0.29, 0.717) is 6.61 Å². The van der Waals surface area contributed by atoms with Crippen LogP contribution in [0.1, 0.15) is 6.92 Å². The van der Waals surface area contributed by atoms with Gasteiger partial charge < -0.3 is 4.52 Å². The van der Waals surface area contributed by atoms with E-state index in [1.807, 2.05) is 6.92 Å². The van der Waals surface area contributed by atoms with Gasteiger partial charge in [0.25, 0.3) is 7.52 Å². The average molecular weight is 277 g/mol. The van der Waals surface area contributed by atoms with Crippen molar-refractivity contribution in [2.24, 2.45) is 0 Å². The molecule has 0 aromatic heterocycles. The molecule has 0 bridgehead atoms. The van der Waals surface area contributed by atoms with Crippen LogP contribution in [0.3, 0.4) is 0 Å². The number of hydrogen-bond donors (Lipinski definition) is 1. The van der Waals surface area contributed by atoms with Gasteiger partial charge in [-0.2, -0.15) is 0 Å². The second-order valence-electron chi connectivity index (χ2n) is 1.86. The zero-order valence-electron chi connectivity index (χ0n) is 6.26. The lowest BCUT2D eigenvalue weighted by Gasteiger charge is -2.12. The van der Waals surface area contributed by atoms with Crippen LogP contribution in [-0.4, -0.2) is 24.2 Å². The molecule has 0 amide bonds. The largest absolute Gasteiger partial charge is 0.318 e. The lowest BCUT2D eigenvalue weighted by Crippen LogP contribution is -2.13. The van der Waals surface area contributed by atoms with Crippen LogP contribution in [0.15, 0.2) is 0 Å². The van der Waals surface area contributed by atoms with E-state index in [-0.39, 0.29) is 0 Å². The summed E-state index contributed by atoms with van der Waals surface area (Å²) in [5.41, 5.74) is 0. The van der Waals surface area contributed by atoms with Gasteiger partial charge in [0, 0.05) is 17.6 Å². The Kier molecular flexibility index (Phi) is 6.01. The molecule has 5 heteroatoms. The first-order chi connectivity index (χ1) is 4.62. The van der Waals surface area contributed by atoms with Crippen molar-refractivity contribution in [3.63, 3.8) is 0 Å². The molecule has 0 heterocycles. The second-order valence-corrected chi connectivity index (χ2v) is 5.21. The van der Waals surface area contributed by atoms with E-state index < -0.39 is 7.52 Å². The van der Waals surface area contributed by atoms with Crippen molar-refractivity contribution in [1.29, 1.82) is 0 Å². The molecule has 0 aliphatic heterocycles. The van der Waals surface area contributed by atoms with Gasteiger partial charge in [0.15, 0.2) is 0 Å². The van der Waals surface area contributed by atoms with Crippen molar-refractivity contribution in [1.82, 2.24) is 5.09 Å². The molecule has 3 nitrogen and oxygen atoms in total. The molecular weight excluding hydrogens is 264 g/mol. The molecule has 0 aromatic carbocycles. The van der Waals surface area contributed by atoms with Crippen LogP contribution < -0.4 is 5.09 Å². The predicted octanol–water partition coefficient (Wildman–Crippen LogP) is 1.87. The second kappa shape index (κ2) is 5.52. The van der Waals surface area contributed by atoms with Crippen LogP contribution in [0.25, 0.3) is 0 Å². The molecule has 0 aliphatic rings. The van der Waals surface area contributed by atoms with Gasteiger partial charge in [0.1, 0.15) is 0 Å². The third-order valence-corrected chi connectivity index (χ3v) is 2.96. The summed E-state index contributed by atoms with van der Waals surface area (Å²) < 4.78 is 17.2. The molecule has 1 atom stereocenters. The summed E-state index contributed by atoms with van der Waals surface area (Å²) in [6, 6.07) is 0. The number of nitrogens with one attached hydrogen (secondary N) is 1. The molecule has 1 N–H and O–H groups in total. The van der Waals surface area contributed by atoms with Gasteiger partial charge in [-0.1, -0.05) is 22.6 Å². The fourth-order valence-electron chi connectivity index (χ4n) is 0.537. The van der Waals surface area contributed by atoms with Crippen molar-refractivity contribution in [3.8, 4) is 0 Å². The van der Waals surface area contributed by atoms with Crippen molar-refractivity contribution < 1.29 is 9.09 Å². The highest BCUT2D eigenvalue weighted by atomic mass is 127. The van der Waals surface area contributed by atoms with E-state index in [2.05, 4.69) is 27.7 Å². The highest BCUT2D eigenvalue weighted by molar-refractivity contribution is 14.1. The van der Waals surface area contributed by atoms with E-state index in [1.54, 1.807) is 6.66 Å². The highest BCUT2D eigenvalue weighted by Gasteiger charge is 2.11. The zero-order valence-corrected chi connectivity index (χ0v) is 9.31. The Morgan fingerprint density at radius 1 is 1.70 bits per heavy atom. The maximum absolute atomic E-state index is 11.2. The van der Waals surface area contributed by atoms with Crippen molar-refractivity contribution in [3.05, 3.63) is 0 Å². The summed E-state index contributed by atoms with van der Waals surface area (Å²) in [7, 11) is -2.46. The standard InChI is InChI=1S/C5H13INO2P/c1-3-9-10(2,8)7-5-4-6/h3-5H2,1-2H3,(H,7,8). The summed E-state index contributed by atoms with van der Waals surface area (Å²) in [6.45, 7) is 4.68. The van der Waals surface area contributed by atoms with Crippen molar-refractivity contribution in [2.45, 2.75) is 6.92 Å². The summed E-state index contributed by atoms with van der Waals surface area (Å²) in [6.07, 6.45) is 0.